The normalized spacial score (nSPS) is 13.9. The van der Waals surface area contributed by atoms with E-state index in [9.17, 15) is 23.7 Å². The fraction of sp³-hybridized carbons (Fsp3) is 0.375. The van der Waals surface area contributed by atoms with Crippen molar-refractivity contribution in [2.24, 2.45) is 7.05 Å². The van der Waals surface area contributed by atoms with Crippen LogP contribution in [-0.4, -0.2) is 45.4 Å². The average Bonchev–Trinajstić information content (AvgIpc) is 3.28. The van der Waals surface area contributed by atoms with Crippen LogP contribution in [0.25, 0.3) is 11.1 Å². The van der Waals surface area contributed by atoms with Crippen molar-refractivity contribution < 1.29 is 23.2 Å². The molecule has 0 saturated heterocycles. The number of fused-ring (bicyclic) bond motifs is 1. The first-order chi connectivity index (χ1) is 17.2. The van der Waals surface area contributed by atoms with Crippen LogP contribution in [0.15, 0.2) is 36.8 Å². The molecule has 1 unspecified atom stereocenters. The fourth-order valence-electron chi connectivity index (χ4n) is 4.43. The molecule has 36 heavy (non-hydrogen) atoms. The molecular formula is C24H26F2N6O4. The van der Waals surface area contributed by atoms with Gasteiger partial charge in [-0.2, -0.15) is 5.10 Å². The molecule has 1 N–H and O–H groups in total. The van der Waals surface area contributed by atoms with Crippen molar-refractivity contribution in [1.29, 1.82) is 0 Å². The molecule has 1 aliphatic rings. The van der Waals surface area contributed by atoms with Crippen LogP contribution in [0.1, 0.15) is 37.3 Å². The lowest BCUT2D eigenvalue weighted by Crippen LogP contribution is -2.28. The summed E-state index contributed by atoms with van der Waals surface area (Å²) >= 11 is 0. The van der Waals surface area contributed by atoms with Gasteiger partial charge in [0.05, 0.1) is 24.7 Å². The molecule has 3 heterocycles. The molecule has 4 rings (SSSR count). The number of ether oxygens (including phenoxy) is 1. The van der Waals surface area contributed by atoms with E-state index in [1.54, 1.807) is 42.0 Å². The highest BCUT2D eigenvalue weighted by atomic mass is 19.3. The monoisotopic (exact) mass is 500 g/mol. The molecule has 12 heteroatoms. The first-order valence-electron chi connectivity index (χ1n) is 11.4. The smallest absolute Gasteiger partial charge is 0.307 e. The van der Waals surface area contributed by atoms with Gasteiger partial charge < -0.3 is 15.0 Å². The van der Waals surface area contributed by atoms with Gasteiger partial charge in [-0.3, -0.25) is 19.6 Å². The minimum atomic E-state index is -2.75. The number of carbonyl (C=O) groups is 1. The van der Waals surface area contributed by atoms with Gasteiger partial charge in [0.2, 0.25) is 0 Å². The predicted molar refractivity (Wildman–Crippen MR) is 130 cm³/mol. The number of nitrogens with zero attached hydrogens (tertiary/aromatic N) is 5. The molecule has 0 saturated carbocycles. The predicted octanol–water partition coefficient (Wildman–Crippen LogP) is 4.78. The second-order valence-electron chi connectivity index (χ2n) is 8.64. The topological polar surface area (TPSA) is 115 Å². The number of aryl methyl sites for hydroxylation is 2. The van der Waals surface area contributed by atoms with Crippen LogP contribution in [0.4, 0.5) is 31.7 Å². The highest BCUT2D eigenvalue weighted by Crippen LogP contribution is 2.44. The summed E-state index contributed by atoms with van der Waals surface area (Å²) in [4.78, 5) is 29.1. The summed E-state index contributed by atoms with van der Waals surface area (Å²) in [5.74, 6) is -0.243. The van der Waals surface area contributed by atoms with E-state index in [0.717, 1.165) is 5.56 Å². The Hall–Kier alpha value is -4.09. The SMILES string of the molecule is COC(=O)CC(C)Nc1c([N+](=O)[O-])ccnc1N1CCCc2cc(-c3cnn(C)c3)c(C(F)F)cc21. The Morgan fingerprint density at radius 2 is 2.14 bits per heavy atom. The molecule has 0 spiro atoms. The van der Waals surface area contributed by atoms with E-state index in [2.05, 4.69) is 15.4 Å². The Morgan fingerprint density at radius 3 is 2.78 bits per heavy atom. The summed E-state index contributed by atoms with van der Waals surface area (Å²) in [6, 6.07) is 3.93. The van der Waals surface area contributed by atoms with Crippen molar-refractivity contribution in [3.63, 3.8) is 0 Å². The number of aromatic nitrogens is 3. The lowest BCUT2D eigenvalue weighted by Gasteiger charge is -2.33. The molecule has 2 aromatic heterocycles. The van der Waals surface area contributed by atoms with Crippen molar-refractivity contribution in [3.05, 3.63) is 58.0 Å². The number of benzene rings is 1. The van der Waals surface area contributed by atoms with Crippen LogP contribution in [0.2, 0.25) is 0 Å². The van der Waals surface area contributed by atoms with Crippen molar-refractivity contribution in [2.75, 3.05) is 23.9 Å². The number of alkyl halides is 2. The standard InChI is InChI=1S/C24H26F2N6O4/c1-14(9-21(33)36-3)29-22-19(32(34)35)6-7-27-24(22)31-8-4-5-15-10-17(16-12-28-30(2)13-16)18(23(25)26)11-20(15)31/h6-7,10-14,23,29H,4-5,8-9H2,1-3H3. The summed E-state index contributed by atoms with van der Waals surface area (Å²) in [6.07, 6.45) is 3.11. The van der Waals surface area contributed by atoms with E-state index in [-0.39, 0.29) is 29.2 Å². The number of carbonyl (C=O) groups excluding carboxylic acids is 1. The Balaban J connectivity index is 1.82. The maximum absolute atomic E-state index is 14.2. The number of anilines is 3. The third-order valence-corrected chi connectivity index (χ3v) is 6.07. The van der Waals surface area contributed by atoms with Crippen molar-refractivity contribution in [1.82, 2.24) is 14.8 Å². The molecular weight excluding hydrogens is 474 g/mol. The number of esters is 1. The van der Waals surface area contributed by atoms with Gasteiger partial charge in [0, 0.05) is 54.9 Å². The lowest BCUT2D eigenvalue weighted by atomic mass is 9.93. The van der Waals surface area contributed by atoms with Gasteiger partial charge in [-0.15, -0.1) is 0 Å². The van der Waals surface area contributed by atoms with Crippen molar-refractivity contribution in [3.8, 4) is 11.1 Å². The lowest BCUT2D eigenvalue weighted by molar-refractivity contribution is -0.384. The minimum absolute atomic E-state index is 0.0252. The molecule has 0 radical (unpaired) electrons. The molecule has 1 aromatic carbocycles. The zero-order valence-corrected chi connectivity index (χ0v) is 20.1. The maximum atomic E-state index is 14.2. The summed E-state index contributed by atoms with van der Waals surface area (Å²) < 4.78 is 34.6. The molecule has 3 aromatic rings. The van der Waals surface area contributed by atoms with Crippen LogP contribution in [0.3, 0.4) is 0 Å². The second-order valence-corrected chi connectivity index (χ2v) is 8.64. The van der Waals surface area contributed by atoms with Gasteiger partial charge in [0.25, 0.3) is 12.1 Å². The summed E-state index contributed by atoms with van der Waals surface area (Å²) in [5, 5.41) is 19.0. The fourth-order valence-corrected chi connectivity index (χ4v) is 4.43. The Morgan fingerprint density at radius 1 is 1.36 bits per heavy atom. The highest BCUT2D eigenvalue weighted by Gasteiger charge is 2.30. The van der Waals surface area contributed by atoms with Crippen LogP contribution < -0.4 is 10.2 Å². The van der Waals surface area contributed by atoms with Gasteiger partial charge in [-0.1, -0.05) is 0 Å². The quantitative estimate of drug-likeness (QED) is 0.267. The number of nitrogens with one attached hydrogen (secondary N) is 1. The Labute approximate surface area is 206 Å². The Bertz CT molecular complexity index is 1300. The minimum Gasteiger partial charge on any atom is -0.469 e. The van der Waals surface area contributed by atoms with E-state index in [0.29, 0.717) is 36.2 Å². The first-order valence-corrected chi connectivity index (χ1v) is 11.4. The van der Waals surface area contributed by atoms with Crippen LogP contribution in [0, 0.1) is 10.1 Å². The van der Waals surface area contributed by atoms with E-state index in [1.807, 2.05) is 0 Å². The number of nitro groups is 1. The highest BCUT2D eigenvalue weighted by molar-refractivity contribution is 5.84. The first kappa shape index (κ1) is 25.0. The second kappa shape index (κ2) is 10.3. The summed E-state index contributed by atoms with van der Waals surface area (Å²) in [5.41, 5.74) is 2.04. The zero-order chi connectivity index (χ0) is 26.0. The Kier molecular flexibility index (Phi) is 7.13. The molecule has 0 aliphatic carbocycles. The number of halogens is 2. The molecule has 1 atom stereocenters. The number of rotatable bonds is 8. The van der Waals surface area contributed by atoms with Crippen LogP contribution in [0.5, 0.6) is 0 Å². The number of methoxy groups -OCH3 is 1. The largest absolute Gasteiger partial charge is 0.469 e. The van der Waals surface area contributed by atoms with Gasteiger partial charge >= 0.3 is 5.97 Å². The number of hydrogen-bond donors (Lipinski definition) is 1. The molecule has 0 fully saturated rings. The van der Waals surface area contributed by atoms with E-state index < -0.39 is 23.4 Å². The van der Waals surface area contributed by atoms with Gasteiger partial charge in [-0.25, -0.2) is 13.8 Å². The summed E-state index contributed by atoms with van der Waals surface area (Å²) in [7, 11) is 2.98. The van der Waals surface area contributed by atoms with Crippen LogP contribution in [-0.2, 0) is 23.0 Å². The molecule has 0 bridgehead atoms. The van der Waals surface area contributed by atoms with E-state index in [1.165, 1.54) is 25.4 Å². The average molecular weight is 501 g/mol. The molecule has 0 amide bonds. The maximum Gasteiger partial charge on any atom is 0.307 e. The molecule has 10 nitrogen and oxygen atoms in total. The van der Waals surface area contributed by atoms with E-state index in [4.69, 9.17) is 4.74 Å². The van der Waals surface area contributed by atoms with Crippen LogP contribution >= 0.6 is 0 Å². The van der Waals surface area contributed by atoms with Gasteiger partial charge in [0.1, 0.15) is 0 Å². The molecule has 1 aliphatic heterocycles. The third-order valence-electron chi connectivity index (χ3n) is 6.07. The summed E-state index contributed by atoms with van der Waals surface area (Å²) in [6.45, 7) is 2.12. The van der Waals surface area contributed by atoms with Crippen molar-refractivity contribution in [2.45, 2.75) is 38.7 Å². The number of pyridine rings is 1. The zero-order valence-electron chi connectivity index (χ0n) is 20.1. The van der Waals surface area contributed by atoms with Gasteiger partial charge in [-0.05, 0) is 43.0 Å². The van der Waals surface area contributed by atoms with Gasteiger partial charge in [0.15, 0.2) is 11.5 Å². The molecule has 190 valence electrons. The third kappa shape index (κ3) is 4.97. The number of hydrogen-bond acceptors (Lipinski definition) is 8. The van der Waals surface area contributed by atoms with E-state index >= 15 is 0 Å². The van der Waals surface area contributed by atoms with Crippen molar-refractivity contribution >= 4 is 28.8 Å².